The van der Waals surface area contributed by atoms with Crippen molar-refractivity contribution in [3.63, 3.8) is 0 Å². The molecule has 0 bridgehead atoms. The van der Waals surface area contributed by atoms with Crippen molar-refractivity contribution in [3.05, 3.63) is 52.2 Å². The van der Waals surface area contributed by atoms with Gasteiger partial charge in [0.2, 0.25) is 5.88 Å². The molecule has 0 saturated carbocycles. The maximum atomic E-state index is 9.72. The molecule has 19 heavy (non-hydrogen) atoms. The molecule has 0 aliphatic carbocycles. The molecular weight excluding hydrogens is 262 g/mol. The van der Waals surface area contributed by atoms with Crippen molar-refractivity contribution >= 4 is 11.6 Å². The van der Waals surface area contributed by atoms with Crippen LogP contribution in [0.4, 0.5) is 0 Å². The zero-order valence-corrected chi connectivity index (χ0v) is 11.9. The molecule has 4 heteroatoms. The van der Waals surface area contributed by atoms with E-state index < -0.39 is 6.10 Å². The fourth-order valence-corrected chi connectivity index (χ4v) is 2.29. The highest BCUT2D eigenvalue weighted by Gasteiger charge is 2.13. The summed E-state index contributed by atoms with van der Waals surface area (Å²) in [5, 5.41) is 10.4. The highest BCUT2D eigenvalue weighted by molar-refractivity contribution is 6.30. The van der Waals surface area contributed by atoms with Gasteiger partial charge in [-0.3, -0.25) is 0 Å². The van der Waals surface area contributed by atoms with Crippen LogP contribution in [0.1, 0.15) is 29.7 Å². The Morgan fingerprint density at radius 1 is 1.26 bits per heavy atom. The SMILES string of the molecule is Cc1cc(Cl)cc(C)c1Oc1ncccc1[C@H](C)O. The average Bonchev–Trinajstić information content (AvgIpc) is 2.34. The molecule has 0 aliphatic heterocycles. The first-order valence-electron chi connectivity index (χ1n) is 6.06. The molecule has 3 nitrogen and oxygen atoms in total. The molecule has 1 heterocycles. The second kappa shape index (κ2) is 5.59. The van der Waals surface area contributed by atoms with Crippen molar-refractivity contribution in [1.82, 2.24) is 4.98 Å². The summed E-state index contributed by atoms with van der Waals surface area (Å²) in [5.74, 6) is 1.15. The van der Waals surface area contributed by atoms with Crippen LogP contribution in [-0.2, 0) is 0 Å². The number of aromatic nitrogens is 1. The van der Waals surface area contributed by atoms with Crippen LogP contribution >= 0.6 is 11.6 Å². The highest BCUT2D eigenvalue weighted by Crippen LogP contribution is 2.33. The number of benzene rings is 1. The van der Waals surface area contributed by atoms with Crippen molar-refractivity contribution < 1.29 is 9.84 Å². The topological polar surface area (TPSA) is 42.4 Å². The maximum absolute atomic E-state index is 9.72. The van der Waals surface area contributed by atoms with Crippen molar-refractivity contribution in [2.75, 3.05) is 0 Å². The molecule has 1 N–H and O–H groups in total. The molecule has 0 aliphatic rings. The van der Waals surface area contributed by atoms with E-state index in [0.29, 0.717) is 16.5 Å². The Hall–Kier alpha value is -1.58. The van der Waals surface area contributed by atoms with E-state index in [1.54, 1.807) is 25.3 Å². The fourth-order valence-electron chi connectivity index (χ4n) is 1.96. The summed E-state index contributed by atoms with van der Waals surface area (Å²) in [4.78, 5) is 4.18. The molecule has 100 valence electrons. The minimum Gasteiger partial charge on any atom is -0.438 e. The van der Waals surface area contributed by atoms with Gasteiger partial charge in [-0.2, -0.15) is 0 Å². The summed E-state index contributed by atoms with van der Waals surface area (Å²) < 4.78 is 5.86. The van der Waals surface area contributed by atoms with Gasteiger partial charge in [0.25, 0.3) is 0 Å². The summed E-state index contributed by atoms with van der Waals surface area (Å²) in [6, 6.07) is 7.26. The second-order valence-corrected chi connectivity index (χ2v) is 4.98. The van der Waals surface area contributed by atoms with Gasteiger partial charge >= 0.3 is 0 Å². The maximum Gasteiger partial charge on any atom is 0.225 e. The van der Waals surface area contributed by atoms with E-state index in [9.17, 15) is 5.11 Å². The van der Waals surface area contributed by atoms with Crippen LogP contribution in [0.25, 0.3) is 0 Å². The number of aryl methyl sites for hydroxylation is 2. The fraction of sp³-hybridized carbons (Fsp3) is 0.267. The second-order valence-electron chi connectivity index (χ2n) is 4.54. The smallest absolute Gasteiger partial charge is 0.225 e. The number of ether oxygens (including phenoxy) is 1. The van der Waals surface area contributed by atoms with E-state index in [-0.39, 0.29) is 0 Å². The lowest BCUT2D eigenvalue weighted by Gasteiger charge is -2.15. The van der Waals surface area contributed by atoms with Crippen LogP contribution in [0.15, 0.2) is 30.5 Å². The summed E-state index contributed by atoms with van der Waals surface area (Å²) >= 11 is 6.00. The normalized spacial score (nSPS) is 12.3. The van der Waals surface area contributed by atoms with Crippen LogP contribution in [-0.4, -0.2) is 10.1 Å². The largest absolute Gasteiger partial charge is 0.438 e. The quantitative estimate of drug-likeness (QED) is 0.914. The van der Waals surface area contributed by atoms with Gasteiger partial charge in [0.05, 0.1) is 6.10 Å². The molecule has 1 atom stereocenters. The molecule has 1 aromatic heterocycles. The van der Waals surface area contributed by atoms with Crippen LogP contribution in [0.3, 0.4) is 0 Å². The first kappa shape index (κ1) is 13.8. The Bertz CT molecular complexity index is 573. The third kappa shape index (κ3) is 3.06. The summed E-state index contributed by atoms with van der Waals surface area (Å²) in [7, 11) is 0. The van der Waals surface area contributed by atoms with Crippen LogP contribution in [0.2, 0.25) is 5.02 Å². The molecule has 0 unspecified atom stereocenters. The Kier molecular flexibility index (Phi) is 4.08. The Labute approximate surface area is 117 Å². The minimum absolute atomic E-state index is 0.422. The number of aliphatic hydroxyl groups is 1. The molecule has 0 radical (unpaired) electrons. The monoisotopic (exact) mass is 277 g/mol. The van der Waals surface area contributed by atoms with Crippen LogP contribution < -0.4 is 4.74 Å². The van der Waals surface area contributed by atoms with Crippen LogP contribution in [0.5, 0.6) is 11.6 Å². The number of halogens is 1. The van der Waals surface area contributed by atoms with Gasteiger partial charge in [0.15, 0.2) is 0 Å². The zero-order chi connectivity index (χ0) is 14.0. The Morgan fingerprint density at radius 3 is 2.47 bits per heavy atom. The van der Waals surface area contributed by atoms with E-state index in [4.69, 9.17) is 16.3 Å². The molecule has 0 fully saturated rings. The number of nitrogens with zero attached hydrogens (tertiary/aromatic N) is 1. The van der Waals surface area contributed by atoms with E-state index in [1.807, 2.05) is 26.0 Å². The highest BCUT2D eigenvalue weighted by atomic mass is 35.5. The van der Waals surface area contributed by atoms with Crippen molar-refractivity contribution in [3.8, 4) is 11.6 Å². The first-order valence-corrected chi connectivity index (χ1v) is 6.44. The predicted octanol–water partition coefficient (Wildman–Crippen LogP) is 4.20. The first-order chi connectivity index (χ1) is 8.99. The standard InChI is InChI=1S/C15H16ClNO2/c1-9-7-12(16)8-10(2)14(9)19-15-13(11(3)18)5-4-6-17-15/h4-8,11,18H,1-3H3/t11-/m0/s1. The van der Waals surface area contributed by atoms with E-state index >= 15 is 0 Å². The average molecular weight is 278 g/mol. The lowest BCUT2D eigenvalue weighted by atomic mass is 10.1. The lowest BCUT2D eigenvalue weighted by Crippen LogP contribution is -2.00. The van der Waals surface area contributed by atoms with Gasteiger partial charge in [-0.1, -0.05) is 11.6 Å². The third-order valence-electron chi connectivity index (χ3n) is 2.87. The summed E-state index contributed by atoms with van der Waals surface area (Å²) in [6.45, 7) is 5.55. The van der Waals surface area contributed by atoms with Gasteiger partial charge < -0.3 is 9.84 Å². The van der Waals surface area contributed by atoms with Crippen LogP contribution in [0, 0.1) is 13.8 Å². The lowest BCUT2D eigenvalue weighted by molar-refractivity contribution is 0.194. The van der Waals surface area contributed by atoms with Crippen molar-refractivity contribution in [2.45, 2.75) is 26.9 Å². The number of hydrogen-bond acceptors (Lipinski definition) is 3. The van der Waals surface area contributed by atoms with E-state index in [0.717, 1.165) is 16.9 Å². The summed E-state index contributed by atoms with van der Waals surface area (Å²) in [6.07, 6.45) is 1.01. The molecular formula is C15H16ClNO2. The van der Waals surface area contributed by atoms with Gasteiger partial charge in [0, 0.05) is 16.8 Å². The predicted molar refractivity (Wildman–Crippen MR) is 75.9 cm³/mol. The van der Waals surface area contributed by atoms with Crippen molar-refractivity contribution in [2.24, 2.45) is 0 Å². The molecule has 0 spiro atoms. The number of aliphatic hydroxyl groups excluding tert-OH is 1. The van der Waals surface area contributed by atoms with E-state index in [1.165, 1.54) is 0 Å². The number of pyridine rings is 1. The molecule has 2 rings (SSSR count). The number of hydrogen-bond donors (Lipinski definition) is 1. The Balaban J connectivity index is 2.42. The third-order valence-corrected chi connectivity index (χ3v) is 3.09. The number of rotatable bonds is 3. The van der Waals surface area contributed by atoms with Gasteiger partial charge in [-0.05, 0) is 56.2 Å². The molecule has 2 aromatic rings. The molecule has 0 amide bonds. The van der Waals surface area contributed by atoms with Gasteiger partial charge in [-0.25, -0.2) is 4.98 Å². The van der Waals surface area contributed by atoms with Gasteiger partial charge in [-0.15, -0.1) is 0 Å². The zero-order valence-electron chi connectivity index (χ0n) is 11.1. The molecule has 1 aromatic carbocycles. The molecule has 0 saturated heterocycles. The minimum atomic E-state index is -0.628. The Morgan fingerprint density at radius 2 is 1.89 bits per heavy atom. The van der Waals surface area contributed by atoms with E-state index in [2.05, 4.69) is 4.98 Å². The van der Waals surface area contributed by atoms with Gasteiger partial charge in [0.1, 0.15) is 5.75 Å². The van der Waals surface area contributed by atoms with Crippen molar-refractivity contribution in [1.29, 1.82) is 0 Å². The summed E-state index contributed by atoms with van der Waals surface area (Å²) in [5.41, 5.74) is 2.54.